The van der Waals surface area contributed by atoms with E-state index in [1.807, 2.05) is 20.8 Å². The fourth-order valence-electron chi connectivity index (χ4n) is 2.55. The Labute approximate surface area is 160 Å². The molecular formula is C18H20N7O3+. The molecule has 0 atom stereocenters. The fourth-order valence-corrected chi connectivity index (χ4v) is 2.55. The van der Waals surface area contributed by atoms with Gasteiger partial charge in [0.1, 0.15) is 17.0 Å². The van der Waals surface area contributed by atoms with E-state index in [1.54, 1.807) is 24.3 Å². The number of nitrogens with zero attached hydrogens (tertiary/aromatic N) is 4. The number of urea groups is 1. The number of anilines is 3. The van der Waals surface area contributed by atoms with Gasteiger partial charge < -0.3 is 10.6 Å². The van der Waals surface area contributed by atoms with Gasteiger partial charge in [-0.05, 0) is 50.1 Å². The number of benzene rings is 1. The zero-order chi connectivity index (χ0) is 20.3. The van der Waals surface area contributed by atoms with Crippen LogP contribution in [0.1, 0.15) is 18.1 Å². The molecule has 0 spiro atoms. The van der Waals surface area contributed by atoms with Crippen molar-refractivity contribution in [2.45, 2.75) is 20.8 Å². The maximum Gasteiger partial charge on any atom is 0.340 e. The largest absolute Gasteiger partial charge is 0.340 e. The first kappa shape index (κ1) is 19.0. The number of aromatic nitrogens is 3. The first-order valence-corrected chi connectivity index (χ1v) is 8.60. The summed E-state index contributed by atoms with van der Waals surface area (Å²) in [6.07, 6.45) is 1.49. The third kappa shape index (κ3) is 4.11. The van der Waals surface area contributed by atoms with Crippen LogP contribution in [-0.4, -0.2) is 37.7 Å². The third-order valence-corrected chi connectivity index (χ3v) is 4.07. The molecule has 0 aliphatic rings. The zero-order valence-electron chi connectivity index (χ0n) is 15.6. The van der Waals surface area contributed by atoms with Gasteiger partial charge in [-0.15, -0.1) is 0 Å². The molecule has 3 aromatic rings. The minimum Gasteiger partial charge on any atom is -0.338 e. The molecule has 10 heteroatoms. The van der Waals surface area contributed by atoms with Crippen molar-refractivity contribution >= 4 is 40.2 Å². The van der Waals surface area contributed by atoms with Crippen LogP contribution in [-0.2, 0) is 0 Å². The molecule has 0 saturated heterocycles. The van der Waals surface area contributed by atoms with Crippen molar-refractivity contribution < 1.29 is 14.9 Å². The van der Waals surface area contributed by atoms with Gasteiger partial charge in [-0.2, -0.15) is 0 Å². The molecule has 0 bridgehead atoms. The molecule has 0 aliphatic carbocycles. The van der Waals surface area contributed by atoms with Crippen molar-refractivity contribution in [2.24, 2.45) is 0 Å². The summed E-state index contributed by atoms with van der Waals surface area (Å²) in [6, 6.07) is 6.26. The normalized spacial score (nSPS) is 10.5. The molecule has 4 N–H and O–H groups in total. The highest BCUT2D eigenvalue weighted by molar-refractivity contribution is 5.89. The second-order valence-corrected chi connectivity index (χ2v) is 6.13. The van der Waals surface area contributed by atoms with Crippen molar-refractivity contribution in [1.82, 2.24) is 20.3 Å². The molecule has 10 nitrogen and oxygen atoms in total. The molecule has 1 aromatic carbocycles. The Morgan fingerprint density at radius 2 is 1.86 bits per heavy atom. The Bertz CT molecular complexity index is 1070. The van der Waals surface area contributed by atoms with E-state index in [9.17, 15) is 14.9 Å². The number of carbonyl (C=O) groups excluding carboxylic acids is 1. The summed E-state index contributed by atoms with van der Waals surface area (Å²) in [7, 11) is 0. The van der Waals surface area contributed by atoms with E-state index >= 15 is 0 Å². The second-order valence-electron chi connectivity index (χ2n) is 6.13. The smallest absolute Gasteiger partial charge is 0.338 e. The lowest BCUT2D eigenvalue weighted by Crippen LogP contribution is -2.28. The van der Waals surface area contributed by atoms with E-state index in [1.165, 1.54) is 6.20 Å². The number of fused-ring (bicyclic) bond motifs is 1. The fraction of sp³-hybridized carbons (Fsp3) is 0.222. The molecule has 0 aliphatic heterocycles. The Morgan fingerprint density at radius 3 is 2.57 bits per heavy atom. The summed E-state index contributed by atoms with van der Waals surface area (Å²) < 4.78 is 0. The van der Waals surface area contributed by atoms with Gasteiger partial charge in [0.2, 0.25) is 0 Å². The second kappa shape index (κ2) is 7.82. The lowest BCUT2D eigenvalue weighted by Gasteiger charge is -2.09. The summed E-state index contributed by atoms with van der Waals surface area (Å²) >= 11 is 0. The van der Waals surface area contributed by atoms with Crippen LogP contribution in [0, 0.1) is 18.8 Å². The summed E-state index contributed by atoms with van der Waals surface area (Å²) in [5.41, 5.74) is 3.10. The summed E-state index contributed by atoms with van der Waals surface area (Å²) in [5.74, 6) is 0.666. The lowest BCUT2D eigenvalue weighted by molar-refractivity contribution is -0.729. The Hall–Kier alpha value is -3.82. The van der Waals surface area contributed by atoms with Gasteiger partial charge in [-0.1, -0.05) is 0 Å². The van der Waals surface area contributed by atoms with E-state index in [4.69, 9.17) is 0 Å². The van der Waals surface area contributed by atoms with Crippen molar-refractivity contribution in [3.8, 4) is 0 Å². The number of hydrogen-bond donors (Lipinski definition) is 4. The standard InChI is InChI=1S/C18H19N7O3/c1-4-19-18(26)24-15-6-5-12-17(22-15)23-16(9-20-12)21-13-7-10(2)11(3)8-14(13)25(27)28/h5-9H,4H2,1-3H3,(H3-,19,21,22,23,24,26,27,28)/p+1. The van der Waals surface area contributed by atoms with Crippen LogP contribution in [0.3, 0.4) is 0 Å². The Balaban J connectivity index is 1.93. The molecule has 144 valence electrons. The Morgan fingerprint density at radius 1 is 1.14 bits per heavy atom. The average molecular weight is 382 g/mol. The van der Waals surface area contributed by atoms with Gasteiger partial charge in [0.25, 0.3) is 4.92 Å². The van der Waals surface area contributed by atoms with Crippen molar-refractivity contribution in [3.05, 3.63) is 46.5 Å². The lowest BCUT2D eigenvalue weighted by atomic mass is 10.1. The van der Waals surface area contributed by atoms with Crippen LogP contribution in [0.2, 0.25) is 0 Å². The van der Waals surface area contributed by atoms with Gasteiger partial charge in [0, 0.05) is 12.6 Å². The molecule has 2 aromatic heterocycles. The molecule has 0 fully saturated rings. The van der Waals surface area contributed by atoms with Crippen LogP contribution in [0.15, 0.2) is 30.5 Å². The van der Waals surface area contributed by atoms with Crippen molar-refractivity contribution in [1.29, 1.82) is 0 Å². The first-order chi connectivity index (χ1) is 13.4. The topological polar surface area (TPSA) is 132 Å². The van der Waals surface area contributed by atoms with Gasteiger partial charge in [-0.25, -0.2) is 25.0 Å². The van der Waals surface area contributed by atoms with Gasteiger partial charge in [-0.3, -0.25) is 5.32 Å². The van der Waals surface area contributed by atoms with E-state index in [0.717, 1.165) is 11.1 Å². The molecule has 0 saturated carbocycles. The highest BCUT2D eigenvalue weighted by Crippen LogP contribution is 2.30. The maximum absolute atomic E-state index is 11.6. The summed E-state index contributed by atoms with van der Waals surface area (Å²) in [4.78, 5) is 35.9. The Kier molecular flexibility index (Phi) is 5.30. The predicted molar refractivity (Wildman–Crippen MR) is 104 cm³/mol. The van der Waals surface area contributed by atoms with Crippen LogP contribution < -0.4 is 16.0 Å². The van der Waals surface area contributed by atoms with Crippen molar-refractivity contribution in [2.75, 3.05) is 17.2 Å². The number of carbonyl (C=O) groups is 1. The minimum absolute atomic E-state index is 0.0598. The third-order valence-electron chi connectivity index (χ3n) is 4.07. The summed E-state index contributed by atoms with van der Waals surface area (Å²) in [6.45, 7) is 6.04. The molecular weight excluding hydrogens is 362 g/mol. The van der Waals surface area contributed by atoms with E-state index in [2.05, 4.69) is 30.9 Å². The maximum atomic E-state index is 11.6. The van der Waals surface area contributed by atoms with Gasteiger partial charge >= 0.3 is 11.7 Å². The van der Waals surface area contributed by atoms with E-state index in [0.29, 0.717) is 35.0 Å². The quantitative estimate of drug-likeness (QED) is 0.498. The number of nitrogens with one attached hydrogen (secondary N) is 3. The molecule has 0 unspecified atom stereocenters. The first-order valence-electron chi connectivity index (χ1n) is 8.60. The summed E-state index contributed by atoms with van der Waals surface area (Å²) in [5, 5.41) is 17.6. The number of hydrogen-bond acceptors (Lipinski definition) is 6. The van der Waals surface area contributed by atoms with E-state index < -0.39 is 0 Å². The highest BCUT2D eigenvalue weighted by atomic mass is 16.6. The predicted octanol–water partition coefficient (Wildman–Crippen LogP) is 3.33. The van der Waals surface area contributed by atoms with Crippen LogP contribution in [0.25, 0.3) is 11.2 Å². The highest BCUT2D eigenvalue weighted by Gasteiger charge is 2.21. The molecule has 3 rings (SSSR count). The number of amides is 2. The average Bonchev–Trinajstić information content (AvgIpc) is 2.64. The van der Waals surface area contributed by atoms with Gasteiger partial charge in [0.15, 0.2) is 11.5 Å². The van der Waals surface area contributed by atoms with Gasteiger partial charge in [0.05, 0.1) is 11.1 Å². The molecule has 0 radical (unpaired) electrons. The SMILES string of the molecule is CCNC(=O)Nc1ccc2ncc(Nc3cc(C)c(C)cc3[N+](=O)O)nc2n1. The molecule has 28 heavy (non-hydrogen) atoms. The van der Waals surface area contributed by atoms with Crippen LogP contribution in [0.4, 0.5) is 27.8 Å². The zero-order valence-corrected chi connectivity index (χ0v) is 15.6. The van der Waals surface area contributed by atoms with E-state index in [-0.39, 0.29) is 16.6 Å². The van der Waals surface area contributed by atoms with Crippen LogP contribution >= 0.6 is 0 Å². The molecule has 2 heterocycles. The van der Waals surface area contributed by atoms with Crippen LogP contribution in [0.5, 0.6) is 0 Å². The minimum atomic E-state index is -0.366. The molecule has 2 amide bonds. The monoisotopic (exact) mass is 382 g/mol. The van der Waals surface area contributed by atoms with Crippen molar-refractivity contribution in [3.63, 3.8) is 0 Å². The number of pyridine rings is 1. The number of aryl methyl sites for hydroxylation is 2. The number of rotatable bonds is 5.